The Kier molecular flexibility index (Phi) is 6.33. The molecule has 1 heterocycles. The number of halogens is 1. The molecule has 1 aromatic heterocycles. The van der Waals surface area contributed by atoms with Crippen molar-refractivity contribution in [1.82, 2.24) is 4.68 Å². The number of hydrogen-bond donors (Lipinski definition) is 1. The van der Waals surface area contributed by atoms with E-state index in [2.05, 4.69) is 10.1 Å². The van der Waals surface area contributed by atoms with Crippen LogP contribution in [0.1, 0.15) is 19.4 Å². The van der Waals surface area contributed by atoms with Crippen LogP contribution in [0, 0.1) is 5.82 Å². The van der Waals surface area contributed by atoms with Crippen molar-refractivity contribution >= 4 is 17.6 Å². The van der Waals surface area contributed by atoms with Crippen LogP contribution in [0.4, 0.5) is 4.39 Å². The van der Waals surface area contributed by atoms with Crippen molar-refractivity contribution in [2.75, 3.05) is 14.2 Å². The molecule has 0 atom stereocenters. The molecule has 3 rings (SSSR count). The van der Waals surface area contributed by atoms with Gasteiger partial charge in [-0.15, -0.1) is 11.3 Å². The van der Waals surface area contributed by atoms with Crippen LogP contribution in [0.5, 0.6) is 17.2 Å². The Morgan fingerprint density at radius 2 is 1.72 bits per heavy atom. The number of thiazole rings is 1. The van der Waals surface area contributed by atoms with Gasteiger partial charge < -0.3 is 14.6 Å². The van der Waals surface area contributed by atoms with Gasteiger partial charge in [0.15, 0.2) is 11.5 Å². The second kappa shape index (κ2) is 8.91. The van der Waals surface area contributed by atoms with Crippen LogP contribution in [0.15, 0.2) is 51.9 Å². The minimum atomic E-state index is -0.297. The smallest absolute Gasteiger partial charge is 0.206 e. The Hall–Kier alpha value is -3.13. The highest BCUT2D eigenvalue weighted by Gasteiger charge is 2.11. The van der Waals surface area contributed by atoms with E-state index in [1.165, 1.54) is 37.7 Å². The molecule has 0 amide bonds. The van der Waals surface area contributed by atoms with E-state index in [9.17, 15) is 9.50 Å². The summed E-state index contributed by atoms with van der Waals surface area (Å²) >= 11 is 1.46. The molecular weight excluding hydrogens is 393 g/mol. The Balaban J connectivity index is 2.10. The molecule has 0 saturated heterocycles. The number of aromatic hydroxyl groups is 1. The standard InChI is InChI=1S/C21H22FN3O3S/c1-13(2)24-21-25(17(12-29-21)15-5-7-16(22)8-6-15)23-11-14-9-18(27-3)20(26)19(10-14)28-4/h5-13,26H,1-4H3. The van der Waals surface area contributed by atoms with Crippen molar-refractivity contribution in [2.24, 2.45) is 10.1 Å². The first kappa shape index (κ1) is 20.6. The van der Waals surface area contributed by atoms with Gasteiger partial charge in [0.05, 0.1) is 26.1 Å². The van der Waals surface area contributed by atoms with E-state index >= 15 is 0 Å². The molecule has 0 bridgehead atoms. The zero-order valence-corrected chi connectivity index (χ0v) is 17.4. The van der Waals surface area contributed by atoms with E-state index in [1.54, 1.807) is 35.2 Å². The molecule has 2 aromatic carbocycles. The van der Waals surface area contributed by atoms with Crippen molar-refractivity contribution in [2.45, 2.75) is 19.9 Å². The average Bonchev–Trinajstić information content (AvgIpc) is 3.09. The third-order valence-corrected chi connectivity index (χ3v) is 4.85. The van der Waals surface area contributed by atoms with Crippen molar-refractivity contribution in [3.8, 4) is 28.5 Å². The largest absolute Gasteiger partial charge is 0.502 e. The highest BCUT2D eigenvalue weighted by atomic mass is 32.1. The second-order valence-corrected chi connectivity index (χ2v) is 7.30. The number of methoxy groups -OCH3 is 2. The number of rotatable bonds is 6. The van der Waals surface area contributed by atoms with Crippen molar-refractivity contribution in [3.63, 3.8) is 0 Å². The lowest BCUT2D eigenvalue weighted by Gasteiger charge is -2.09. The van der Waals surface area contributed by atoms with Crippen molar-refractivity contribution in [3.05, 3.63) is 58.0 Å². The van der Waals surface area contributed by atoms with Gasteiger partial charge in [-0.2, -0.15) is 5.10 Å². The quantitative estimate of drug-likeness (QED) is 0.612. The summed E-state index contributed by atoms with van der Waals surface area (Å²) in [5.41, 5.74) is 2.30. The van der Waals surface area contributed by atoms with Gasteiger partial charge in [0.2, 0.25) is 10.6 Å². The third kappa shape index (κ3) is 4.65. The Labute approximate surface area is 172 Å². The van der Waals surface area contributed by atoms with Gasteiger partial charge in [-0.1, -0.05) is 0 Å². The van der Waals surface area contributed by atoms with E-state index in [0.29, 0.717) is 10.4 Å². The summed E-state index contributed by atoms with van der Waals surface area (Å²) in [4.78, 5) is 5.34. The maximum atomic E-state index is 13.3. The minimum absolute atomic E-state index is 0.0714. The average molecular weight is 415 g/mol. The Bertz CT molecular complexity index is 1060. The van der Waals surface area contributed by atoms with Crippen LogP contribution in [-0.2, 0) is 0 Å². The molecule has 0 saturated carbocycles. The van der Waals surface area contributed by atoms with Crippen LogP contribution >= 0.6 is 11.3 Å². The molecule has 0 aliphatic rings. The van der Waals surface area contributed by atoms with Gasteiger partial charge in [-0.3, -0.25) is 4.99 Å². The Morgan fingerprint density at radius 1 is 1.10 bits per heavy atom. The lowest BCUT2D eigenvalue weighted by atomic mass is 10.2. The first-order valence-corrected chi connectivity index (χ1v) is 9.80. The maximum absolute atomic E-state index is 13.3. The van der Waals surface area contributed by atoms with E-state index < -0.39 is 0 Å². The molecule has 3 aromatic rings. The molecule has 8 heteroatoms. The molecule has 0 unspecified atom stereocenters. The summed E-state index contributed by atoms with van der Waals surface area (Å²) in [6.07, 6.45) is 1.63. The molecule has 0 spiro atoms. The summed E-state index contributed by atoms with van der Waals surface area (Å²) in [5.74, 6) is 0.200. The van der Waals surface area contributed by atoms with Gasteiger partial charge >= 0.3 is 0 Å². The fourth-order valence-corrected chi connectivity index (χ4v) is 3.62. The molecule has 1 N–H and O–H groups in total. The molecule has 6 nitrogen and oxygen atoms in total. The van der Waals surface area contributed by atoms with Gasteiger partial charge in [-0.05, 0) is 50.2 Å². The van der Waals surface area contributed by atoms with Gasteiger partial charge in [-0.25, -0.2) is 9.07 Å². The molecule has 152 valence electrons. The lowest BCUT2D eigenvalue weighted by molar-refractivity contribution is 0.340. The van der Waals surface area contributed by atoms with E-state index in [4.69, 9.17) is 9.47 Å². The number of hydrogen-bond acceptors (Lipinski definition) is 6. The normalized spacial score (nSPS) is 12.1. The number of phenolic OH excluding ortho intramolecular Hbond substituents is 1. The topological polar surface area (TPSA) is 68.3 Å². The van der Waals surface area contributed by atoms with Crippen LogP contribution in [-0.4, -0.2) is 36.3 Å². The van der Waals surface area contributed by atoms with E-state index in [-0.39, 0.29) is 29.1 Å². The zero-order valence-electron chi connectivity index (χ0n) is 16.6. The van der Waals surface area contributed by atoms with Gasteiger partial charge in [0.1, 0.15) is 5.82 Å². The number of ether oxygens (including phenoxy) is 2. The highest BCUT2D eigenvalue weighted by molar-refractivity contribution is 7.07. The Morgan fingerprint density at radius 3 is 2.28 bits per heavy atom. The van der Waals surface area contributed by atoms with Crippen LogP contribution in [0.25, 0.3) is 11.3 Å². The summed E-state index contributed by atoms with van der Waals surface area (Å²) in [6.45, 7) is 3.97. The molecule has 0 aliphatic carbocycles. The molecule has 0 fully saturated rings. The predicted octanol–water partition coefficient (Wildman–Crippen LogP) is 4.27. The van der Waals surface area contributed by atoms with Crippen LogP contribution in [0.3, 0.4) is 0 Å². The monoisotopic (exact) mass is 415 g/mol. The van der Waals surface area contributed by atoms with Crippen LogP contribution in [0.2, 0.25) is 0 Å². The minimum Gasteiger partial charge on any atom is -0.502 e. The second-order valence-electron chi connectivity index (χ2n) is 6.46. The van der Waals surface area contributed by atoms with E-state index in [0.717, 1.165) is 11.3 Å². The summed E-state index contributed by atoms with van der Waals surface area (Å²) in [5, 5.41) is 16.6. The number of nitrogens with zero attached hydrogens (tertiary/aromatic N) is 3. The van der Waals surface area contributed by atoms with Gasteiger partial charge in [0.25, 0.3) is 0 Å². The fourth-order valence-electron chi connectivity index (χ4n) is 2.65. The molecule has 29 heavy (non-hydrogen) atoms. The molecular formula is C21H22FN3O3S. The number of benzene rings is 2. The molecule has 0 radical (unpaired) electrons. The van der Waals surface area contributed by atoms with Crippen LogP contribution < -0.4 is 14.3 Å². The van der Waals surface area contributed by atoms with Crippen molar-refractivity contribution in [1.29, 1.82) is 0 Å². The zero-order chi connectivity index (χ0) is 21.0. The predicted molar refractivity (Wildman–Crippen MR) is 113 cm³/mol. The fraction of sp³-hybridized carbons (Fsp3) is 0.238. The first-order chi connectivity index (χ1) is 13.9. The summed E-state index contributed by atoms with van der Waals surface area (Å²) in [6, 6.07) is 9.64. The lowest BCUT2D eigenvalue weighted by Crippen LogP contribution is -2.14. The van der Waals surface area contributed by atoms with Crippen molar-refractivity contribution < 1.29 is 19.0 Å². The summed E-state index contributed by atoms with van der Waals surface area (Å²) < 4.78 is 25.4. The number of aromatic nitrogens is 1. The highest BCUT2D eigenvalue weighted by Crippen LogP contribution is 2.36. The SMILES string of the molecule is COc1cc(C=Nn2c(-c3ccc(F)cc3)csc2=NC(C)C)cc(OC)c1O. The third-order valence-electron chi connectivity index (χ3n) is 4.02. The van der Waals surface area contributed by atoms with E-state index in [1.807, 2.05) is 19.2 Å². The number of phenols is 1. The maximum Gasteiger partial charge on any atom is 0.206 e. The molecule has 0 aliphatic heterocycles. The summed E-state index contributed by atoms with van der Waals surface area (Å²) in [7, 11) is 2.94. The first-order valence-electron chi connectivity index (χ1n) is 8.92. The van der Waals surface area contributed by atoms with Gasteiger partial charge in [0, 0.05) is 22.5 Å².